The van der Waals surface area contributed by atoms with Gasteiger partial charge < -0.3 is 9.47 Å². The van der Waals surface area contributed by atoms with Crippen LogP contribution in [-0.4, -0.2) is 88.1 Å². The minimum atomic E-state index is -3.58. The largest absolute Gasteiger partial charge is 0.497 e. The molecule has 9 nitrogen and oxygen atoms in total. The Labute approximate surface area is 246 Å². The summed E-state index contributed by atoms with van der Waals surface area (Å²) >= 11 is 1.45. The highest BCUT2D eigenvalue weighted by molar-refractivity contribution is 7.89. The van der Waals surface area contributed by atoms with E-state index in [2.05, 4.69) is 11.8 Å². The quantitative estimate of drug-likeness (QED) is 0.353. The Balaban J connectivity index is 0.00000370. The van der Waals surface area contributed by atoms with Crippen LogP contribution >= 0.6 is 23.7 Å². The molecule has 1 amide bonds. The summed E-state index contributed by atoms with van der Waals surface area (Å²) in [5.41, 5.74) is 1.24. The summed E-state index contributed by atoms with van der Waals surface area (Å²) in [5.74, 6) is 1.08. The number of carbonyl (C=O) groups excluding carboxylic acids is 1. The van der Waals surface area contributed by atoms with E-state index >= 15 is 0 Å². The number of carbonyl (C=O) groups is 1. The Morgan fingerprint density at radius 3 is 2.48 bits per heavy atom. The van der Waals surface area contributed by atoms with Crippen LogP contribution in [-0.2, 0) is 14.8 Å². The highest BCUT2D eigenvalue weighted by atomic mass is 35.5. The number of amides is 1. The Hall–Kier alpha value is -2.28. The summed E-state index contributed by atoms with van der Waals surface area (Å²) in [6, 6.07) is 12.0. The van der Waals surface area contributed by atoms with Crippen molar-refractivity contribution in [2.45, 2.75) is 31.1 Å². The second-order valence-electron chi connectivity index (χ2n) is 10.2. The van der Waals surface area contributed by atoms with Gasteiger partial charge in [0.05, 0.1) is 35.4 Å². The van der Waals surface area contributed by atoms with E-state index in [0.29, 0.717) is 36.2 Å². The number of anilines is 1. The molecular weight excluding hydrogens is 572 g/mol. The number of aromatic nitrogens is 1. The van der Waals surface area contributed by atoms with Crippen molar-refractivity contribution in [1.82, 2.24) is 14.2 Å². The number of rotatable bonds is 9. The van der Waals surface area contributed by atoms with E-state index in [1.54, 1.807) is 40.6 Å². The summed E-state index contributed by atoms with van der Waals surface area (Å²) in [7, 11) is -1.96. The minimum absolute atomic E-state index is 0. The molecule has 218 valence electrons. The van der Waals surface area contributed by atoms with Crippen molar-refractivity contribution in [3.05, 3.63) is 48.0 Å². The number of benzene rings is 2. The van der Waals surface area contributed by atoms with Gasteiger partial charge >= 0.3 is 0 Å². The number of sulfonamides is 1. The molecule has 2 saturated heterocycles. The van der Waals surface area contributed by atoms with Gasteiger partial charge in [-0.3, -0.25) is 14.6 Å². The fraction of sp³-hybridized carbons (Fsp3) is 0.500. The number of hydrogen-bond donors (Lipinski definition) is 0. The highest BCUT2D eigenvalue weighted by Gasteiger charge is 2.29. The van der Waals surface area contributed by atoms with Crippen LogP contribution in [0.4, 0.5) is 5.13 Å². The molecule has 2 aliphatic heterocycles. The van der Waals surface area contributed by atoms with Crippen molar-refractivity contribution in [2.24, 2.45) is 5.92 Å². The number of fused-ring (bicyclic) bond motifs is 1. The number of morpholine rings is 1. The summed E-state index contributed by atoms with van der Waals surface area (Å²) in [6.45, 7) is 7.81. The van der Waals surface area contributed by atoms with Gasteiger partial charge in [-0.05, 0) is 67.6 Å². The smallest absolute Gasteiger partial charge is 0.260 e. The molecule has 0 N–H and O–H groups in total. The SMILES string of the molecule is COc1ccc2nc(N(CCCN3CCOCC3)C(=O)c3ccc(S(=O)(=O)N4CCC(C)CC4)cc3)sc2c1.Cl. The van der Waals surface area contributed by atoms with Crippen molar-refractivity contribution in [3.8, 4) is 5.75 Å². The molecule has 0 aliphatic carbocycles. The van der Waals surface area contributed by atoms with E-state index in [-0.39, 0.29) is 23.2 Å². The summed E-state index contributed by atoms with van der Waals surface area (Å²) < 4.78 is 39.6. The predicted octanol–water partition coefficient (Wildman–Crippen LogP) is 4.52. The van der Waals surface area contributed by atoms with E-state index in [1.165, 1.54) is 11.3 Å². The van der Waals surface area contributed by atoms with Crippen LogP contribution < -0.4 is 9.64 Å². The average Bonchev–Trinajstić information content (AvgIpc) is 3.39. The number of ether oxygens (including phenoxy) is 2. The Kier molecular flexibility index (Phi) is 10.4. The number of piperidine rings is 1. The fourth-order valence-electron chi connectivity index (χ4n) is 5.00. The lowest BCUT2D eigenvalue weighted by molar-refractivity contribution is 0.0376. The second kappa shape index (κ2) is 13.6. The van der Waals surface area contributed by atoms with Gasteiger partial charge in [-0.1, -0.05) is 18.3 Å². The molecule has 0 spiro atoms. The molecule has 12 heteroatoms. The summed E-state index contributed by atoms with van der Waals surface area (Å²) in [5, 5.41) is 0.615. The topological polar surface area (TPSA) is 92.3 Å². The third-order valence-corrected chi connectivity index (χ3v) is 10.5. The lowest BCUT2D eigenvalue weighted by atomic mass is 10.0. The van der Waals surface area contributed by atoms with Gasteiger partial charge in [0.2, 0.25) is 10.0 Å². The molecule has 1 aromatic heterocycles. The zero-order valence-corrected chi connectivity index (χ0v) is 25.4. The van der Waals surface area contributed by atoms with Gasteiger partial charge in [-0.15, -0.1) is 12.4 Å². The molecule has 5 rings (SSSR count). The number of halogens is 1. The molecule has 40 heavy (non-hydrogen) atoms. The van der Waals surface area contributed by atoms with Gasteiger partial charge in [0.1, 0.15) is 5.75 Å². The Bertz CT molecular complexity index is 1390. The molecule has 0 bridgehead atoms. The summed E-state index contributed by atoms with van der Waals surface area (Å²) in [6.07, 6.45) is 2.51. The lowest BCUT2D eigenvalue weighted by Gasteiger charge is -2.29. The van der Waals surface area contributed by atoms with Crippen LogP contribution in [0, 0.1) is 5.92 Å². The van der Waals surface area contributed by atoms with E-state index in [4.69, 9.17) is 14.5 Å². The molecule has 2 aromatic carbocycles. The van der Waals surface area contributed by atoms with Gasteiger partial charge in [0.25, 0.3) is 5.91 Å². The van der Waals surface area contributed by atoms with Gasteiger partial charge in [0, 0.05) is 44.8 Å². The van der Waals surface area contributed by atoms with Crippen molar-refractivity contribution in [3.63, 3.8) is 0 Å². The van der Waals surface area contributed by atoms with E-state index in [9.17, 15) is 13.2 Å². The van der Waals surface area contributed by atoms with Crippen LogP contribution in [0.5, 0.6) is 5.75 Å². The van der Waals surface area contributed by atoms with E-state index in [0.717, 1.165) is 68.1 Å². The number of nitrogens with zero attached hydrogens (tertiary/aromatic N) is 4. The van der Waals surface area contributed by atoms with Crippen LogP contribution in [0.1, 0.15) is 36.5 Å². The van der Waals surface area contributed by atoms with Crippen LogP contribution in [0.2, 0.25) is 0 Å². The molecule has 3 heterocycles. The maximum Gasteiger partial charge on any atom is 0.260 e. The molecule has 2 fully saturated rings. The number of hydrogen-bond acceptors (Lipinski definition) is 8. The Morgan fingerprint density at radius 1 is 1.10 bits per heavy atom. The van der Waals surface area contributed by atoms with E-state index in [1.807, 2.05) is 18.2 Å². The monoisotopic (exact) mass is 608 g/mol. The zero-order chi connectivity index (χ0) is 27.4. The number of thiazole rings is 1. The van der Waals surface area contributed by atoms with Gasteiger partial charge in [-0.25, -0.2) is 13.4 Å². The van der Waals surface area contributed by atoms with Crippen LogP contribution in [0.25, 0.3) is 10.2 Å². The second-order valence-corrected chi connectivity index (χ2v) is 13.2. The first-order chi connectivity index (χ1) is 18.8. The Morgan fingerprint density at radius 2 is 1.80 bits per heavy atom. The molecule has 0 atom stereocenters. The zero-order valence-electron chi connectivity index (χ0n) is 23.0. The molecule has 0 radical (unpaired) electrons. The highest BCUT2D eigenvalue weighted by Crippen LogP contribution is 2.32. The van der Waals surface area contributed by atoms with Gasteiger partial charge in [0.15, 0.2) is 5.13 Å². The van der Waals surface area contributed by atoms with Crippen molar-refractivity contribution >= 4 is 55.0 Å². The maximum atomic E-state index is 13.8. The molecule has 0 saturated carbocycles. The van der Waals surface area contributed by atoms with Crippen LogP contribution in [0.15, 0.2) is 47.4 Å². The first-order valence-corrected chi connectivity index (χ1v) is 15.8. The van der Waals surface area contributed by atoms with Crippen molar-refractivity contribution in [2.75, 3.05) is 64.5 Å². The van der Waals surface area contributed by atoms with E-state index < -0.39 is 10.0 Å². The first kappa shape index (κ1) is 30.7. The lowest BCUT2D eigenvalue weighted by Crippen LogP contribution is -2.39. The normalized spacial score (nSPS) is 17.4. The fourth-order valence-corrected chi connectivity index (χ4v) is 7.48. The molecule has 2 aliphatic rings. The van der Waals surface area contributed by atoms with Gasteiger partial charge in [-0.2, -0.15) is 4.31 Å². The molecular formula is C28H37ClN4O5S2. The predicted molar refractivity (Wildman–Crippen MR) is 161 cm³/mol. The van der Waals surface area contributed by atoms with Crippen LogP contribution in [0.3, 0.4) is 0 Å². The number of methoxy groups -OCH3 is 1. The third-order valence-electron chi connectivity index (χ3n) is 7.50. The van der Waals surface area contributed by atoms with Crippen molar-refractivity contribution < 1.29 is 22.7 Å². The summed E-state index contributed by atoms with van der Waals surface area (Å²) in [4.78, 5) is 22.8. The van der Waals surface area contributed by atoms with Crippen molar-refractivity contribution in [1.29, 1.82) is 0 Å². The molecule has 0 unspecified atom stereocenters. The average molecular weight is 609 g/mol. The molecule has 3 aromatic rings. The maximum absolute atomic E-state index is 13.8. The minimum Gasteiger partial charge on any atom is -0.497 e. The standard InChI is InChI=1S/C28H36N4O5S2.ClH/c1-21-10-14-31(15-11-21)39(34,35)24-7-4-22(5-8-24)27(33)32(13-3-12-30-16-18-37-19-17-30)28-29-25-9-6-23(36-2)20-26(25)38-28;/h4-9,20-21H,3,10-19H2,1-2H3;1H. The first-order valence-electron chi connectivity index (χ1n) is 13.5. The third kappa shape index (κ3) is 6.95.